The van der Waals surface area contributed by atoms with Crippen LogP contribution in [-0.4, -0.2) is 0 Å². The lowest BCUT2D eigenvalue weighted by atomic mass is 10.2. The van der Waals surface area contributed by atoms with Crippen molar-refractivity contribution in [2.24, 2.45) is 0 Å². The predicted molar refractivity (Wildman–Crippen MR) is 77.3 cm³/mol. The molecule has 0 aliphatic carbocycles. The van der Waals surface area contributed by atoms with Gasteiger partial charge in [-0.2, -0.15) is 0 Å². The van der Waals surface area contributed by atoms with E-state index in [4.69, 9.17) is 17.3 Å². The first-order valence-electron chi connectivity index (χ1n) is 5.19. The second-order valence-electron chi connectivity index (χ2n) is 3.68. The highest BCUT2D eigenvalue weighted by Crippen LogP contribution is 2.24. The second-order valence-corrected chi connectivity index (χ2v) is 5.00. The van der Waals surface area contributed by atoms with Gasteiger partial charge in [-0.3, -0.25) is 0 Å². The van der Waals surface area contributed by atoms with Crippen LogP contribution in [0.5, 0.6) is 0 Å². The standard InChI is InChI=1S/C13H12BrClN2/c14-10-5-6-13(12(16)7-10)17-8-9-3-1-2-4-11(9)15/h1-7,17H,8,16H2. The number of hydrogen-bond acceptors (Lipinski definition) is 2. The number of benzene rings is 2. The van der Waals surface area contributed by atoms with Gasteiger partial charge in [-0.15, -0.1) is 0 Å². The van der Waals surface area contributed by atoms with Crippen LogP contribution < -0.4 is 11.1 Å². The number of rotatable bonds is 3. The molecule has 2 aromatic rings. The highest BCUT2D eigenvalue weighted by Gasteiger charge is 2.01. The van der Waals surface area contributed by atoms with Crippen molar-refractivity contribution >= 4 is 38.9 Å². The Morgan fingerprint density at radius 1 is 1.18 bits per heavy atom. The van der Waals surface area contributed by atoms with E-state index in [0.717, 1.165) is 20.7 Å². The SMILES string of the molecule is Nc1cc(Br)ccc1NCc1ccccc1Cl. The first kappa shape index (κ1) is 12.3. The van der Waals surface area contributed by atoms with Crippen molar-refractivity contribution in [3.05, 3.63) is 57.5 Å². The summed E-state index contributed by atoms with van der Waals surface area (Å²) in [6, 6.07) is 13.5. The van der Waals surface area contributed by atoms with E-state index in [-0.39, 0.29) is 0 Å². The average molecular weight is 312 g/mol. The minimum Gasteiger partial charge on any atom is -0.397 e. The summed E-state index contributed by atoms with van der Waals surface area (Å²) in [5.74, 6) is 0. The van der Waals surface area contributed by atoms with E-state index in [1.807, 2.05) is 42.5 Å². The van der Waals surface area contributed by atoms with Gasteiger partial charge in [0.2, 0.25) is 0 Å². The highest BCUT2D eigenvalue weighted by atomic mass is 79.9. The summed E-state index contributed by atoms with van der Waals surface area (Å²) in [6.07, 6.45) is 0. The van der Waals surface area contributed by atoms with Crippen LogP contribution in [0, 0.1) is 0 Å². The molecule has 0 radical (unpaired) electrons. The van der Waals surface area contributed by atoms with Gasteiger partial charge in [0.25, 0.3) is 0 Å². The van der Waals surface area contributed by atoms with Crippen molar-refractivity contribution in [1.82, 2.24) is 0 Å². The molecule has 0 amide bonds. The molecule has 0 saturated carbocycles. The third-order valence-corrected chi connectivity index (χ3v) is 3.30. The van der Waals surface area contributed by atoms with E-state index in [9.17, 15) is 0 Å². The monoisotopic (exact) mass is 310 g/mol. The van der Waals surface area contributed by atoms with E-state index in [1.54, 1.807) is 0 Å². The molecule has 2 nitrogen and oxygen atoms in total. The molecular weight excluding hydrogens is 300 g/mol. The van der Waals surface area contributed by atoms with Gasteiger partial charge in [0.05, 0.1) is 11.4 Å². The lowest BCUT2D eigenvalue weighted by molar-refractivity contribution is 1.15. The number of hydrogen-bond donors (Lipinski definition) is 2. The molecular formula is C13H12BrClN2. The molecule has 0 fully saturated rings. The van der Waals surface area contributed by atoms with Gasteiger partial charge in [0.15, 0.2) is 0 Å². The minimum atomic E-state index is 0.658. The topological polar surface area (TPSA) is 38.0 Å². The molecule has 88 valence electrons. The lowest BCUT2D eigenvalue weighted by Gasteiger charge is -2.10. The van der Waals surface area contributed by atoms with E-state index < -0.39 is 0 Å². The molecule has 0 heterocycles. The molecule has 3 N–H and O–H groups in total. The van der Waals surface area contributed by atoms with Crippen LogP contribution in [0.2, 0.25) is 5.02 Å². The van der Waals surface area contributed by atoms with Crippen molar-refractivity contribution in [3.63, 3.8) is 0 Å². The van der Waals surface area contributed by atoms with Crippen LogP contribution in [0.25, 0.3) is 0 Å². The Bertz CT molecular complexity index is 529. The Morgan fingerprint density at radius 2 is 1.94 bits per heavy atom. The molecule has 0 unspecified atom stereocenters. The number of anilines is 2. The Kier molecular flexibility index (Phi) is 3.92. The lowest BCUT2D eigenvalue weighted by Crippen LogP contribution is -2.02. The summed E-state index contributed by atoms with van der Waals surface area (Å²) >= 11 is 9.45. The van der Waals surface area contributed by atoms with E-state index >= 15 is 0 Å². The smallest absolute Gasteiger partial charge is 0.0577 e. The van der Waals surface area contributed by atoms with E-state index in [2.05, 4.69) is 21.2 Å². The summed E-state index contributed by atoms with van der Waals surface area (Å²) in [4.78, 5) is 0. The van der Waals surface area contributed by atoms with E-state index in [0.29, 0.717) is 12.2 Å². The summed E-state index contributed by atoms with van der Waals surface area (Å²) in [5, 5.41) is 4.03. The molecule has 0 aliphatic rings. The molecule has 0 spiro atoms. The Hall–Kier alpha value is -1.19. The van der Waals surface area contributed by atoms with Crippen LogP contribution in [0.15, 0.2) is 46.9 Å². The molecule has 0 aromatic heterocycles. The summed E-state index contributed by atoms with van der Waals surface area (Å²) in [7, 11) is 0. The second kappa shape index (κ2) is 5.43. The number of halogens is 2. The third kappa shape index (κ3) is 3.14. The zero-order valence-electron chi connectivity index (χ0n) is 9.08. The van der Waals surface area contributed by atoms with Crippen LogP contribution in [0.1, 0.15) is 5.56 Å². The summed E-state index contributed by atoms with van der Waals surface area (Å²) in [6.45, 7) is 0.658. The normalized spacial score (nSPS) is 10.2. The van der Waals surface area contributed by atoms with Crippen LogP contribution >= 0.6 is 27.5 Å². The zero-order valence-corrected chi connectivity index (χ0v) is 11.4. The van der Waals surface area contributed by atoms with Crippen molar-refractivity contribution in [2.75, 3.05) is 11.1 Å². The maximum absolute atomic E-state index is 6.08. The first-order chi connectivity index (χ1) is 8.16. The predicted octanol–water partition coefficient (Wildman–Crippen LogP) is 4.30. The first-order valence-corrected chi connectivity index (χ1v) is 6.36. The Balaban J connectivity index is 2.10. The quantitative estimate of drug-likeness (QED) is 0.830. The van der Waals surface area contributed by atoms with Gasteiger partial charge in [0, 0.05) is 16.0 Å². The van der Waals surface area contributed by atoms with E-state index in [1.165, 1.54) is 0 Å². The minimum absolute atomic E-state index is 0.658. The van der Waals surface area contributed by atoms with Gasteiger partial charge in [-0.25, -0.2) is 0 Å². The molecule has 2 rings (SSSR count). The fourth-order valence-corrected chi connectivity index (χ4v) is 2.11. The molecule has 0 saturated heterocycles. The largest absolute Gasteiger partial charge is 0.397 e. The summed E-state index contributed by atoms with van der Waals surface area (Å²) in [5.41, 5.74) is 8.57. The van der Waals surface area contributed by atoms with Crippen molar-refractivity contribution in [2.45, 2.75) is 6.54 Å². The van der Waals surface area contributed by atoms with Crippen molar-refractivity contribution < 1.29 is 0 Å². The maximum Gasteiger partial charge on any atom is 0.0577 e. The number of nitrogens with two attached hydrogens (primary N) is 1. The number of nitrogen functional groups attached to an aromatic ring is 1. The Labute approximate surface area is 114 Å². The molecule has 17 heavy (non-hydrogen) atoms. The fourth-order valence-electron chi connectivity index (χ4n) is 1.53. The number of nitrogens with one attached hydrogen (secondary N) is 1. The molecule has 2 aromatic carbocycles. The fraction of sp³-hybridized carbons (Fsp3) is 0.0769. The molecule has 0 bridgehead atoms. The molecule has 0 aliphatic heterocycles. The zero-order chi connectivity index (χ0) is 12.3. The highest BCUT2D eigenvalue weighted by molar-refractivity contribution is 9.10. The van der Waals surface area contributed by atoms with Crippen LogP contribution in [0.3, 0.4) is 0 Å². The van der Waals surface area contributed by atoms with Gasteiger partial charge in [-0.1, -0.05) is 45.7 Å². The third-order valence-electron chi connectivity index (χ3n) is 2.44. The van der Waals surface area contributed by atoms with Crippen LogP contribution in [-0.2, 0) is 6.54 Å². The molecule has 4 heteroatoms. The van der Waals surface area contributed by atoms with Gasteiger partial charge < -0.3 is 11.1 Å². The van der Waals surface area contributed by atoms with Gasteiger partial charge >= 0.3 is 0 Å². The Morgan fingerprint density at radius 3 is 2.65 bits per heavy atom. The average Bonchev–Trinajstić information content (AvgIpc) is 2.30. The van der Waals surface area contributed by atoms with Gasteiger partial charge in [-0.05, 0) is 29.8 Å². The summed E-state index contributed by atoms with van der Waals surface area (Å²) < 4.78 is 0.971. The van der Waals surface area contributed by atoms with Gasteiger partial charge in [0.1, 0.15) is 0 Å². The molecule has 0 atom stereocenters. The van der Waals surface area contributed by atoms with Crippen LogP contribution in [0.4, 0.5) is 11.4 Å². The van der Waals surface area contributed by atoms with Crippen molar-refractivity contribution in [3.8, 4) is 0 Å². The van der Waals surface area contributed by atoms with Crippen molar-refractivity contribution in [1.29, 1.82) is 0 Å². The maximum atomic E-state index is 6.08.